The molecule has 0 aromatic carbocycles. The molecule has 0 heterocycles. The fourth-order valence-electron chi connectivity index (χ4n) is 11.2. The van der Waals surface area contributed by atoms with E-state index in [0.717, 1.165) is 70.6 Å². The van der Waals surface area contributed by atoms with Crippen LogP contribution in [0.1, 0.15) is 406 Å². The van der Waals surface area contributed by atoms with Crippen molar-refractivity contribution < 1.29 is 28.6 Å². The Morgan fingerprint density at radius 1 is 0.247 bits per heavy atom. The van der Waals surface area contributed by atoms with E-state index in [-0.39, 0.29) is 31.1 Å². The number of allylic oxidation sites excluding steroid dienone is 6. The van der Waals surface area contributed by atoms with Crippen LogP contribution >= 0.6 is 0 Å². The summed E-state index contributed by atoms with van der Waals surface area (Å²) in [7, 11) is 0. The smallest absolute Gasteiger partial charge is 0.306 e. The first-order valence-corrected chi connectivity index (χ1v) is 36.5. The van der Waals surface area contributed by atoms with Crippen LogP contribution in [0.25, 0.3) is 0 Å². The molecule has 1 unspecified atom stereocenters. The topological polar surface area (TPSA) is 78.9 Å². The monoisotopic (exact) mass is 1140 g/mol. The van der Waals surface area contributed by atoms with Gasteiger partial charge in [0.2, 0.25) is 0 Å². The van der Waals surface area contributed by atoms with Crippen molar-refractivity contribution >= 4 is 17.9 Å². The Morgan fingerprint density at radius 2 is 0.444 bits per heavy atom. The minimum absolute atomic E-state index is 0.0639. The minimum Gasteiger partial charge on any atom is -0.462 e. The lowest BCUT2D eigenvalue weighted by Crippen LogP contribution is -2.30. The summed E-state index contributed by atoms with van der Waals surface area (Å²) in [6.45, 7) is 6.71. The summed E-state index contributed by atoms with van der Waals surface area (Å²) in [5, 5.41) is 0. The van der Waals surface area contributed by atoms with Crippen molar-refractivity contribution in [1.29, 1.82) is 0 Å². The molecule has 0 N–H and O–H groups in total. The molecule has 0 aliphatic heterocycles. The van der Waals surface area contributed by atoms with Gasteiger partial charge in [0.25, 0.3) is 0 Å². The van der Waals surface area contributed by atoms with E-state index in [2.05, 4.69) is 57.2 Å². The van der Waals surface area contributed by atoms with Crippen LogP contribution in [0.2, 0.25) is 0 Å². The van der Waals surface area contributed by atoms with Gasteiger partial charge >= 0.3 is 17.9 Å². The largest absolute Gasteiger partial charge is 0.462 e. The average molecular weight is 1140 g/mol. The first-order chi connectivity index (χ1) is 40.0. The molecule has 81 heavy (non-hydrogen) atoms. The fraction of sp³-hybridized carbons (Fsp3) is 0.880. The fourth-order valence-corrected chi connectivity index (χ4v) is 11.2. The zero-order valence-corrected chi connectivity index (χ0v) is 54.8. The molecule has 0 saturated heterocycles. The quantitative estimate of drug-likeness (QED) is 0.0261. The van der Waals surface area contributed by atoms with E-state index in [9.17, 15) is 14.4 Å². The van der Waals surface area contributed by atoms with Crippen LogP contribution in [0.4, 0.5) is 0 Å². The predicted octanol–water partition coefficient (Wildman–Crippen LogP) is 25.1. The van der Waals surface area contributed by atoms with Crippen molar-refractivity contribution in [3.05, 3.63) is 36.5 Å². The molecule has 6 nitrogen and oxygen atoms in total. The van der Waals surface area contributed by atoms with Gasteiger partial charge in [0, 0.05) is 19.3 Å². The number of hydrogen-bond acceptors (Lipinski definition) is 6. The highest BCUT2D eigenvalue weighted by Gasteiger charge is 2.19. The Morgan fingerprint density at radius 3 is 0.691 bits per heavy atom. The van der Waals surface area contributed by atoms with Gasteiger partial charge in [-0.1, -0.05) is 365 Å². The molecule has 0 saturated carbocycles. The van der Waals surface area contributed by atoms with Crippen LogP contribution in [0.5, 0.6) is 0 Å². The van der Waals surface area contributed by atoms with Gasteiger partial charge in [-0.2, -0.15) is 0 Å². The van der Waals surface area contributed by atoms with Crippen molar-refractivity contribution in [2.24, 2.45) is 0 Å². The summed E-state index contributed by atoms with van der Waals surface area (Å²) < 4.78 is 17.0. The van der Waals surface area contributed by atoms with Crippen LogP contribution in [0, 0.1) is 0 Å². The summed E-state index contributed by atoms with van der Waals surface area (Å²) in [6, 6.07) is 0. The Balaban J connectivity index is 4.12. The first-order valence-electron chi connectivity index (χ1n) is 36.5. The Kier molecular flexibility index (Phi) is 68.1. The van der Waals surface area contributed by atoms with Crippen molar-refractivity contribution in [3.8, 4) is 0 Å². The highest BCUT2D eigenvalue weighted by molar-refractivity contribution is 5.71. The van der Waals surface area contributed by atoms with E-state index in [4.69, 9.17) is 14.2 Å². The minimum atomic E-state index is -0.767. The zero-order valence-electron chi connectivity index (χ0n) is 54.8. The van der Waals surface area contributed by atoms with E-state index in [1.165, 1.54) is 295 Å². The van der Waals surface area contributed by atoms with Crippen LogP contribution in [-0.2, 0) is 28.6 Å². The van der Waals surface area contributed by atoms with E-state index in [1.807, 2.05) is 0 Å². The van der Waals surface area contributed by atoms with Crippen LogP contribution < -0.4 is 0 Å². The molecule has 0 spiro atoms. The molecule has 0 fully saturated rings. The third kappa shape index (κ3) is 68.3. The van der Waals surface area contributed by atoms with E-state index in [0.29, 0.717) is 19.3 Å². The van der Waals surface area contributed by atoms with Crippen LogP contribution in [0.3, 0.4) is 0 Å². The van der Waals surface area contributed by atoms with Gasteiger partial charge in [-0.3, -0.25) is 14.4 Å². The molecule has 0 aromatic heterocycles. The number of rotatable bonds is 68. The third-order valence-corrected chi connectivity index (χ3v) is 16.6. The second-order valence-corrected chi connectivity index (χ2v) is 24.9. The van der Waals surface area contributed by atoms with Gasteiger partial charge in [0.1, 0.15) is 13.2 Å². The summed E-state index contributed by atoms with van der Waals surface area (Å²) in [5.41, 5.74) is 0. The van der Waals surface area contributed by atoms with Crippen molar-refractivity contribution in [3.63, 3.8) is 0 Å². The van der Waals surface area contributed by atoms with Gasteiger partial charge in [0.15, 0.2) is 6.10 Å². The first kappa shape index (κ1) is 78.6. The number of hydrogen-bond donors (Lipinski definition) is 0. The summed E-state index contributed by atoms with van der Waals surface area (Å²) >= 11 is 0. The van der Waals surface area contributed by atoms with Gasteiger partial charge in [-0.05, 0) is 57.8 Å². The molecule has 0 rings (SSSR count). The van der Waals surface area contributed by atoms with Gasteiger partial charge in [-0.25, -0.2) is 0 Å². The Labute approximate surface area is 506 Å². The van der Waals surface area contributed by atoms with Gasteiger partial charge in [-0.15, -0.1) is 0 Å². The average Bonchev–Trinajstić information content (AvgIpc) is 3.47. The summed E-state index contributed by atoms with van der Waals surface area (Å²) in [4.78, 5) is 38.4. The van der Waals surface area contributed by atoms with E-state index >= 15 is 0 Å². The standard InChI is InChI=1S/C75H140O6/c1-4-7-10-13-16-19-22-25-28-29-30-31-32-33-34-35-36-37-38-39-40-41-42-43-44-45-48-50-53-56-59-62-65-68-74(77)80-71-72(81-75(78)69-66-63-60-57-54-51-47-27-24-21-18-15-12-9-6-3)70-79-73(76)67-64-61-58-55-52-49-46-26-23-20-17-14-11-8-5-2/h22,25,29-30,32-33,72H,4-21,23-24,26-28,31,34-71H2,1-3H3/b25-22-,30-29-,33-32-. The maximum atomic E-state index is 12.9. The molecule has 0 aliphatic rings. The van der Waals surface area contributed by atoms with E-state index in [1.54, 1.807) is 0 Å². The lowest BCUT2D eigenvalue weighted by Gasteiger charge is -2.18. The molecule has 0 amide bonds. The van der Waals surface area contributed by atoms with Crippen LogP contribution in [0.15, 0.2) is 36.5 Å². The molecule has 1 atom stereocenters. The normalized spacial score (nSPS) is 12.2. The second-order valence-electron chi connectivity index (χ2n) is 24.9. The van der Waals surface area contributed by atoms with Crippen LogP contribution in [-0.4, -0.2) is 37.2 Å². The lowest BCUT2D eigenvalue weighted by molar-refractivity contribution is -0.167. The lowest BCUT2D eigenvalue weighted by atomic mass is 10.0. The highest BCUT2D eigenvalue weighted by Crippen LogP contribution is 2.19. The predicted molar refractivity (Wildman–Crippen MR) is 353 cm³/mol. The molecule has 0 radical (unpaired) electrons. The van der Waals surface area contributed by atoms with E-state index < -0.39 is 6.10 Å². The summed E-state index contributed by atoms with van der Waals surface area (Å²) in [5.74, 6) is -0.831. The second kappa shape index (κ2) is 70.1. The van der Waals surface area contributed by atoms with Crippen molar-refractivity contribution in [2.75, 3.05) is 13.2 Å². The summed E-state index contributed by atoms with van der Waals surface area (Å²) in [6.07, 6.45) is 87.6. The molecular weight excluding hydrogens is 997 g/mol. The molecular formula is C75H140O6. The molecule has 0 aromatic rings. The Bertz CT molecular complexity index is 1350. The maximum absolute atomic E-state index is 12.9. The third-order valence-electron chi connectivity index (χ3n) is 16.6. The van der Waals surface area contributed by atoms with Crippen molar-refractivity contribution in [2.45, 2.75) is 412 Å². The molecule has 6 heteroatoms. The highest BCUT2D eigenvalue weighted by atomic mass is 16.6. The molecule has 476 valence electrons. The molecule has 0 aliphatic carbocycles. The number of esters is 3. The van der Waals surface area contributed by atoms with Gasteiger partial charge in [0.05, 0.1) is 0 Å². The van der Waals surface area contributed by atoms with Gasteiger partial charge < -0.3 is 14.2 Å². The number of ether oxygens (including phenoxy) is 3. The number of unbranched alkanes of at least 4 members (excludes halogenated alkanes) is 51. The number of carbonyl (C=O) groups is 3. The van der Waals surface area contributed by atoms with Crippen molar-refractivity contribution in [1.82, 2.24) is 0 Å². The molecule has 0 bridgehead atoms. The maximum Gasteiger partial charge on any atom is 0.306 e. The number of carbonyl (C=O) groups excluding carboxylic acids is 3. The SMILES string of the molecule is CCCCCCC/C=C\C/C=C\C/C=C\CCCCCCCCCCCCCCCCCCCCC(=O)OCC(COC(=O)CCCCCCCCCCCCCCCCC)OC(=O)CCCCCCCCCCCCCCCCC. The zero-order chi connectivity index (χ0) is 58.5. The Hall–Kier alpha value is -2.37.